The van der Waals surface area contributed by atoms with E-state index in [2.05, 4.69) is 13.8 Å². The first kappa shape index (κ1) is 15.1. The third-order valence-electron chi connectivity index (χ3n) is 3.26. The highest BCUT2D eigenvalue weighted by Gasteiger charge is 2.38. The van der Waals surface area contributed by atoms with Gasteiger partial charge < -0.3 is 14.0 Å². The number of hydrogen-bond donors (Lipinski definition) is 0. The molecule has 4 nitrogen and oxygen atoms in total. The van der Waals surface area contributed by atoms with Crippen LogP contribution in [-0.4, -0.2) is 31.4 Å². The zero-order valence-electron chi connectivity index (χ0n) is 12.5. The van der Waals surface area contributed by atoms with Crippen molar-refractivity contribution >= 4 is 18.6 Å². The minimum Gasteiger partial charge on any atom is -0.462 e. The van der Waals surface area contributed by atoms with Crippen LogP contribution in [0.15, 0.2) is 24.3 Å². The van der Waals surface area contributed by atoms with E-state index in [4.69, 9.17) is 14.0 Å². The lowest BCUT2D eigenvalue weighted by Crippen LogP contribution is -2.51. The van der Waals surface area contributed by atoms with Crippen molar-refractivity contribution in [3.05, 3.63) is 29.8 Å². The normalized spacial score (nSPS) is 21.6. The predicted molar refractivity (Wildman–Crippen MR) is 78.1 cm³/mol. The van der Waals surface area contributed by atoms with E-state index < -0.39 is 0 Å². The van der Waals surface area contributed by atoms with E-state index in [-0.39, 0.29) is 24.8 Å². The number of rotatable bonds is 3. The van der Waals surface area contributed by atoms with Gasteiger partial charge in [0.1, 0.15) is 0 Å². The molecule has 1 aliphatic rings. The molecule has 5 heteroatoms. The number of hydrogen-bond acceptors (Lipinski definition) is 4. The molecule has 0 aliphatic carbocycles. The molecule has 0 amide bonds. The fraction of sp³-hybridized carbons (Fsp3) is 0.533. The van der Waals surface area contributed by atoms with Crippen LogP contribution < -0.4 is 5.46 Å². The molecule has 0 bridgehead atoms. The van der Waals surface area contributed by atoms with Gasteiger partial charge in [0, 0.05) is 6.10 Å². The summed E-state index contributed by atoms with van der Waals surface area (Å²) < 4.78 is 16.7. The van der Waals surface area contributed by atoms with Crippen LogP contribution in [0.1, 0.15) is 44.5 Å². The zero-order valence-corrected chi connectivity index (χ0v) is 12.5. The first-order valence-electron chi connectivity index (χ1n) is 7.01. The van der Waals surface area contributed by atoms with Gasteiger partial charge in [-0.3, -0.25) is 0 Å². The Morgan fingerprint density at radius 2 is 2.05 bits per heavy atom. The van der Waals surface area contributed by atoms with Crippen molar-refractivity contribution in [2.45, 2.75) is 45.8 Å². The molecule has 1 saturated heterocycles. The van der Waals surface area contributed by atoms with Crippen LogP contribution >= 0.6 is 0 Å². The molecule has 108 valence electrons. The lowest BCUT2D eigenvalue weighted by atomic mass is 9.75. The lowest BCUT2D eigenvalue weighted by Gasteiger charge is -2.38. The Morgan fingerprint density at radius 3 is 2.60 bits per heavy atom. The minimum atomic E-state index is -0.384. The summed E-state index contributed by atoms with van der Waals surface area (Å²) in [4.78, 5) is 11.6. The molecule has 0 saturated carbocycles. The molecule has 1 aromatic rings. The molecule has 20 heavy (non-hydrogen) atoms. The maximum Gasteiger partial charge on any atom is 0.494 e. The van der Waals surface area contributed by atoms with Gasteiger partial charge in [0.15, 0.2) is 0 Å². The summed E-state index contributed by atoms with van der Waals surface area (Å²) in [5, 5.41) is 0. The summed E-state index contributed by atoms with van der Waals surface area (Å²) in [6.45, 7) is 8.34. The minimum absolute atomic E-state index is 0.147. The second-order valence-electron chi connectivity index (χ2n) is 5.70. The standard InChI is InChI=1S/C15H21BO4/c1-5-18-14(17)12-6-8-13(9-7-12)16-19-11(2)10-15(3,4)20-16/h6-9,11H,5,10H2,1-4H3. The summed E-state index contributed by atoms with van der Waals surface area (Å²) in [7, 11) is -0.384. The first-order chi connectivity index (χ1) is 9.41. The highest BCUT2D eigenvalue weighted by molar-refractivity contribution is 6.61. The molecule has 0 aromatic heterocycles. The molecule has 0 N–H and O–H groups in total. The molecule has 1 fully saturated rings. The van der Waals surface area contributed by atoms with Crippen LogP contribution in [0.4, 0.5) is 0 Å². The van der Waals surface area contributed by atoms with Crippen molar-refractivity contribution in [3.63, 3.8) is 0 Å². The Morgan fingerprint density at radius 1 is 1.40 bits per heavy atom. The van der Waals surface area contributed by atoms with E-state index in [0.29, 0.717) is 12.2 Å². The Bertz CT molecular complexity index is 469. The quantitative estimate of drug-likeness (QED) is 0.627. The van der Waals surface area contributed by atoms with Crippen molar-refractivity contribution in [3.8, 4) is 0 Å². The van der Waals surface area contributed by atoms with Crippen LogP contribution in [-0.2, 0) is 14.0 Å². The molecular formula is C15H21BO4. The second kappa shape index (κ2) is 5.98. The molecule has 2 rings (SSSR count). The van der Waals surface area contributed by atoms with E-state index in [9.17, 15) is 4.79 Å². The van der Waals surface area contributed by atoms with Crippen LogP contribution in [0, 0.1) is 0 Å². The predicted octanol–water partition coefficient (Wildman–Crippen LogP) is 2.16. The van der Waals surface area contributed by atoms with Crippen molar-refractivity contribution < 1.29 is 18.8 Å². The van der Waals surface area contributed by atoms with Crippen LogP contribution in [0.25, 0.3) is 0 Å². The zero-order chi connectivity index (χ0) is 14.8. The number of carbonyl (C=O) groups is 1. The van der Waals surface area contributed by atoms with Crippen LogP contribution in [0.3, 0.4) is 0 Å². The number of carbonyl (C=O) groups excluding carboxylic acids is 1. The monoisotopic (exact) mass is 276 g/mol. The average molecular weight is 276 g/mol. The summed E-state index contributed by atoms with van der Waals surface area (Å²) in [5.74, 6) is -0.307. The van der Waals surface area contributed by atoms with E-state index >= 15 is 0 Å². The average Bonchev–Trinajstić information content (AvgIpc) is 2.37. The first-order valence-corrected chi connectivity index (χ1v) is 7.01. The van der Waals surface area contributed by atoms with Gasteiger partial charge in [0.05, 0.1) is 17.8 Å². The van der Waals surface area contributed by atoms with Crippen molar-refractivity contribution in [2.75, 3.05) is 6.61 Å². The Hall–Kier alpha value is -1.33. The SMILES string of the molecule is CCOC(=O)c1ccc(B2OC(C)CC(C)(C)O2)cc1. The van der Waals surface area contributed by atoms with E-state index in [1.165, 1.54) is 0 Å². The Labute approximate surface area is 120 Å². The topological polar surface area (TPSA) is 44.8 Å². The Kier molecular flexibility index (Phi) is 4.50. The smallest absolute Gasteiger partial charge is 0.462 e. The lowest BCUT2D eigenvalue weighted by molar-refractivity contribution is -0.0229. The molecule has 0 radical (unpaired) electrons. The molecular weight excluding hydrogens is 255 g/mol. The number of benzene rings is 1. The second-order valence-corrected chi connectivity index (χ2v) is 5.70. The van der Waals surface area contributed by atoms with Crippen molar-refractivity contribution in [2.24, 2.45) is 0 Å². The van der Waals surface area contributed by atoms with Gasteiger partial charge in [-0.05, 0) is 51.7 Å². The van der Waals surface area contributed by atoms with Crippen molar-refractivity contribution in [1.29, 1.82) is 0 Å². The molecule has 1 aromatic carbocycles. The van der Waals surface area contributed by atoms with Gasteiger partial charge in [0.25, 0.3) is 0 Å². The summed E-state index contributed by atoms with van der Waals surface area (Å²) in [5.41, 5.74) is 1.25. The van der Waals surface area contributed by atoms with Gasteiger partial charge in [0.2, 0.25) is 0 Å². The number of esters is 1. The molecule has 1 heterocycles. The van der Waals surface area contributed by atoms with Crippen LogP contribution in [0.5, 0.6) is 0 Å². The van der Waals surface area contributed by atoms with E-state index in [1.54, 1.807) is 19.1 Å². The maximum absolute atomic E-state index is 11.6. The van der Waals surface area contributed by atoms with E-state index in [0.717, 1.165) is 11.9 Å². The van der Waals surface area contributed by atoms with Gasteiger partial charge in [-0.25, -0.2) is 4.79 Å². The summed E-state index contributed by atoms with van der Waals surface area (Å²) >= 11 is 0. The maximum atomic E-state index is 11.6. The molecule has 1 aliphatic heterocycles. The van der Waals surface area contributed by atoms with E-state index in [1.807, 2.05) is 19.1 Å². The molecule has 0 spiro atoms. The van der Waals surface area contributed by atoms with Crippen LogP contribution in [0.2, 0.25) is 0 Å². The van der Waals surface area contributed by atoms with Gasteiger partial charge in [-0.1, -0.05) is 12.1 Å². The highest BCUT2D eigenvalue weighted by Crippen LogP contribution is 2.25. The third-order valence-corrected chi connectivity index (χ3v) is 3.26. The van der Waals surface area contributed by atoms with Crippen molar-refractivity contribution in [1.82, 2.24) is 0 Å². The molecule has 1 atom stereocenters. The fourth-order valence-electron chi connectivity index (χ4n) is 2.45. The van der Waals surface area contributed by atoms with Gasteiger partial charge in [-0.15, -0.1) is 0 Å². The summed E-state index contributed by atoms with van der Waals surface area (Å²) in [6.07, 6.45) is 1.01. The fourth-order valence-corrected chi connectivity index (χ4v) is 2.45. The molecule has 1 unspecified atom stereocenters. The van der Waals surface area contributed by atoms with Gasteiger partial charge in [-0.2, -0.15) is 0 Å². The Balaban J connectivity index is 2.11. The summed E-state index contributed by atoms with van der Waals surface area (Å²) in [6, 6.07) is 7.19. The highest BCUT2D eigenvalue weighted by atomic mass is 16.6. The van der Waals surface area contributed by atoms with Gasteiger partial charge >= 0.3 is 13.1 Å². The largest absolute Gasteiger partial charge is 0.494 e. The third kappa shape index (κ3) is 3.61. The number of ether oxygens (including phenoxy) is 1.